The summed E-state index contributed by atoms with van der Waals surface area (Å²) in [5.41, 5.74) is 4.83. The summed E-state index contributed by atoms with van der Waals surface area (Å²) in [5.74, 6) is -0.575. The van der Waals surface area contributed by atoms with E-state index in [0.717, 1.165) is 36.0 Å². The van der Waals surface area contributed by atoms with Crippen molar-refractivity contribution in [3.05, 3.63) is 125 Å². The van der Waals surface area contributed by atoms with Crippen molar-refractivity contribution in [3.63, 3.8) is 0 Å². The number of benzene rings is 3. The highest BCUT2D eigenvalue weighted by Crippen LogP contribution is 2.43. The Morgan fingerprint density at radius 1 is 0.911 bits per heavy atom. The third-order valence-corrected chi connectivity index (χ3v) is 8.64. The quantitative estimate of drug-likeness (QED) is 0.204. The van der Waals surface area contributed by atoms with Crippen LogP contribution in [0.5, 0.6) is 0 Å². The third-order valence-electron chi connectivity index (χ3n) is 8.64. The molecule has 234 valence electrons. The lowest BCUT2D eigenvalue weighted by Gasteiger charge is -2.42. The second-order valence-electron chi connectivity index (χ2n) is 12.1. The third kappa shape index (κ3) is 8.38. The van der Waals surface area contributed by atoms with Crippen LogP contribution in [-0.2, 0) is 34.5 Å². The van der Waals surface area contributed by atoms with Gasteiger partial charge in [-0.1, -0.05) is 96.9 Å². The summed E-state index contributed by atoms with van der Waals surface area (Å²) in [5, 5.41) is 6.07. The van der Waals surface area contributed by atoms with Gasteiger partial charge in [0.1, 0.15) is 6.04 Å². The predicted octanol–water partition coefficient (Wildman–Crippen LogP) is 4.74. The van der Waals surface area contributed by atoms with Crippen molar-refractivity contribution in [3.8, 4) is 0 Å². The van der Waals surface area contributed by atoms with E-state index in [1.165, 1.54) is 10.5 Å². The standard InChI is InChI=1S/C36H42N6O3/c1-27-14-16-29(17-15-27)23-42(24-33(43)38-25-36(18-9-19-36)30-12-7-4-8-13-30)34(44)32(20-31-21-37-26-39-31)40-35(45)41(2)22-28-10-5-3-6-11-28/h3-8,10-17,21,26,32H,9,18-20,22-25H2,1-2H3,(H,37,39)(H,38,43)(H,40,45)/t32-/m0/s1. The summed E-state index contributed by atoms with van der Waals surface area (Å²) < 4.78 is 0. The molecule has 0 saturated heterocycles. The smallest absolute Gasteiger partial charge is 0.318 e. The average Bonchev–Trinajstić information content (AvgIpc) is 3.55. The van der Waals surface area contributed by atoms with Crippen molar-refractivity contribution in [1.82, 2.24) is 30.4 Å². The molecule has 0 aliphatic heterocycles. The molecule has 0 unspecified atom stereocenters. The zero-order valence-corrected chi connectivity index (χ0v) is 26.0. The molecule has 4 aromatic rings. The maximum atomic E-state index is 14.3. The second-order valence-corrected chi connectivity index (χ2v) is 12.1. The van der Waals surface area contributed by atoms with Crippen LogP contribution in [0, 0.1) is 6.92 Å². The van der Waals surface area contributed by atoms with Gasteiger partial charge in [0.05, 0.1) is 12.9 Å². The van der Waals surface area contributed by atoms with E-state index < -0.39 is 6.04 Å². The Hall–Kier alpha value is -4.92. The Morgan fingerprint density at radius 3 is 2.20 bits per heavy atom. The first-order chi connectivity index (χ1) is 21.8. The number of hydrogen-bond acceptors (Lipinski definition) is 4. The van der Waals surface area contributed by atoms with E-state index in [9.17, 15) is 14.4 Å². The number of imidazole rings is 1. The number of carbonyl (C=O) groups is 3. The number of aromatic nitrogens is 2. The number of rotatable bonds is 13. The van der Waals surface area contributed by atoms with Gasteiger partial charge in [0.2, 0.25) is 11.8 Å². The molecule has 1 aliphatic carbocycles. The summed E-state index contributed by atoms with van der Waals surface area (Å²) in [4.78, 5) is 51.3. The monoisotopic (exact) mass is 606 g/mol. The van der Waals surface area contributed by atoms with Gasteiger partial charge in [0.25, 0.3) is 0 Å². The summed E-state index contributed by atoms with van der Waals surface area (Å²) in [6, 6.07) is 26.6. The maximum Gasteiger partial charge on any atom is 0.318 e. The van der Waals surface area contributed by atoms with Gasteiger partial charge in [-0.05, 0) is 36.5 Å². The Labute approximate surface area is 265 Å². The van der Waals surface area contributed by atoms with Crippen LogP contribution in [-0.4, -0.2) is 63.8 Å². The zero-order valence-electron chi connectivity index (χ0n) is 26.0. The van der Waals surface area contributed by atoms with Gasteiger partial charge in [-0.3, -0.25) is 9.59 Å². The predicted molar refractivity (Wildman–Crippen MR) is 174 cm³/mol. The first-order valence-electron chi connectivity index (χ1n) is 15.5. The van der Waals surface area contributed by atoms with Crippen LogP contribution in [0.25, 0.3) is 0 Å². The lowest BCUT2D eigenvalue weighted by molar-refractivity contribution is -0.138. The van der Waals surface area contributed by atoms with Gasteiger partial charge in [-0.25, -0.2) is 9.78 Å². The number of carbonyl (C=O) groups excluding carboxylic acids is 3. The zero-order chi connectivity index (χ0) is 31.6. The molecule has 9 nitrogen and oxygen atoms in total. The molecular formula is C36H42N6O3. The molecule has 4 amide bonds. The van der Waals surface area contributed by atoms with E-state index in [-0.39, 0.29) is 42.8 Å². The van der Waals surface area contributed by atoms with Gasteiger partial charge in [0.15, 0.2) is 0 Å². The average molecular weight is 607 g/mol. The van der Waals surface area contributed by atoms with E-state index in [0.29, 0.717) is 18.8 Å². The lowest BCUT2D eigenvalue weighted by Crippen LogP contribution is -2.54. The highest BCUT2D eigenvalue weighted by Gasteiger charge is 2.39. The summed E-state index contributed by atoms with van der Waals surface area (Å²) >= 11 is 0. The summed E-state index contributed by atoms with van der Waals surface area (Å²) in [6.45, 7) is 3.00. The van der Waals surface area contributed by atoms with Crippen LogP contribution in [0.3, 0.4) is 0 Å². The van der Waals surface area contributed by atoms with Crippen molar-refractivity contribution in [2.45, 2.75) is 57.2 Å². The van der Waals surface area contributed by atoms with Crippen molar-refractivity contribution in [2.75, 3.05) is 20.1 Å². The first-order valence-corrected chi connectivity index (χ1v) is 15.5. The van der Waals surface area contributed by atoms with Gasteiger partial charge >= 0.3 is 6.03 Å². The van der Waals surface area contributed by atoms with Gasteiger partial charge in [0, 0.05) is 50.4 Å². The summed E-state index contributed by atoms with van der Waals surface area (Å²) in [7, 11) is 1.70. The Kier molecular flexibility index (Phi) is 10.3. The minimum Gasteiger partial charge on any atom is -0.354 e. The molecule has 0 spiro atoms. The molecule has 3 aromatic carbocycles. The maximum absolute atomic E-state index is 14.3. The van der Waals surface area contributed by atoms with Crippen molar-refractivity contribution >= 4 is 17.8 Å². The number of aryl methyl sites for hydroxylation is 1. The van der Waals surface area contributed by atoms with Crippen LogP contribution in [0.2, 0.25) is 0 Å². The lowest BCUT2D eigenvalue weighted by atomic mass is 9.64. The molecule has 1 atom stereocenters. The normalized spacial score (nSPS) is 14.1. The Bertz CT molecular complexity index is 1540. The van der Waals surface area contributed by atoms with E-state index in [4.69, 9.17) is 0 Å². The van der Waals surface area contributed by atoms with Gasteiger partial charge in [-0.15, -0.1) is 0 Å². The number of nitrogens with zero attached hydrogens (tertiary/aromatic N) is 3. The molecule has 5 rings (SSSR count). The van der Waals surface area contributed by atoms with Crippen molar-refractivity contribution in [2.24, 2.45) is 0 Å². The molecule has 1 heterocycles. The number of H-pyrrole nitrogens is 1. The number of aromatic amines is 1. The Balaban J connectivity index is 1.32. The van der Waals surface area contributed by atoms with Crippen molar-refractivity contribution < 1.29 is 14.4 Å². The molecular weight excluding hydrogens is 564 g/mol. The highest BCUT2D eigenvalue weighted by atomic mass is 16.2. The van der Waals surface area contributed by atoms with Crippen molar-refractivity contribution in [1.29, 1.82) is 0 Å². The molecule has 45 heavy (non-hydrogen) atoms. The highest BCUT2D eigenvalue weighted by molar-refractivity contribution is 5.90. The minimum absolute atomic E-state index is 0.0802. The van der Waals surface area contributed by atoms with E-state index >= 15 is 0 Å². The molecule has 1 fully saturated rings. The molecule has 0 bridgehead atoms. The Morgan fingerprint density at radius 2 is 1.58 bits per heavy atom. The van der Waals surface area contributed by atoms with Crippen LogP contribution in [0.4, 0.5) is 4.79 Å². The van der Waals surface area contributed by atoms with Crippen LogP contribution in [0.15, 0.2) is 97.5 Å². The topological polar surface area (TPSA) is 110 Å². The van der Waals surface area contributed by atoms with E-state index in [1.807, 2.05) is 79.7 Å². The molecule has 0 radical (unpaired) electrons. The number of amides is 4. The molecule has 3 N–H and O–H groups in total. The molecule has 1 saturated carbocycles. The van der Waals surface area contributed by atoms with Crippen LogP contribution in [0.1, 0.15) is 47.2 Å². The molecule has 9 heteroatoms. The fourth-order valence-corrected chi connectivity index (χ4v) is 5.81. The van der Waals surface area contributed by atoms with Gasteiger partial charge < -0.3 is 25.4 Å². The van der Waals surface area contributed by atoms with E-state index in [1.54, 1.807) is 24.5 Å². The summed E-state index contributed by atoms with van der Waals surface area (Å²) in [6.07, 6.45) is 6.53. The molecule has 1 aromatic heterocycles. The first kappa shape index (κ1) is 31.5. The van der Waals surface area contributed by atoms with E-state index in [2.05, 4.69) is 32.7 Å². The fourth-order valence-electron chi connectivity index (χ4n) is 5.81. The number of nitrogens with one attached hydrogen (secondary N) is 3. The number of hydrogen-bond donors (Lipinski definition) is 3. The SMILES string of the molecule is Cc1ccc(CN(CC(=O)NCC2(c3ccccc3)CCC2)C(=O)[C@H](Cc2cnc[nH]2)NC(=O)N(C)Cc2ccccc2)cc1. The largest absolute Gasteiger partial charge is 0.354 e. The van der Waals surface area contributed by atoms with Crippen LogP contribution >= 0.6 is 0 Å². The number of urea groups is 1. The van der Waals surface area contributed by atoms with Gasteiger partial charge in [-0.2, -0.15) is 0 Å². The molecule has 1 aliphatic rings. The minimum atomic E-state index is -0.920. The second kappa shape index (κ2) is 14.7. The van der Waals surface area contributed by atoms with Crippen LogP contribution < -0.4 is 10.6 Å². The fraction of sp³-hybridized carbons (Fsp3) is 0.333.